The van der Waals surface area contributed by atoms with Crippen molar-refractivity contribution in [2.75, 3.05) is 5.32 Å². The zero-order chi connectivity index (χ0) is 13.2. The van der Waals surface area contributed by atoms with Crippen LogP contribution in [-0.4, -0.2) is 9.97 Å². The molecule has 0 saturated heterocycles. The van der Waals surface area contributed by atoms with Crippen molar-refractivity contribution in [3.8, 4) is 0 Å². The third kappa shape index (κ3) is 2.98. The average Bonchev–Trinajstić information content (AvgIpc) is 2.78. The summed E-state index contributed by atoms with van der Waals surface area (Å²) in [5, 5.41) is 3.29. The Morgan fingerprint density at radius 3 is 2.74 bits per heavy atom. The average molecular weight is 381 g/mol. The van der Waals surface area contributed by atoms with E-state index in [9.17, 15) is 0 Å². The first-order valence-electron chi connectivity index (χ1n) is 5.84. The third-order valence-electron chi connectivity index (χ3n) is 2.79. The summed E-state index contributed by atoms with van der Waals surface area (Å²) < 4.78 is 2.13. The number of imidazole rings is 1. The van der Waals surface area contributed by atoms with E-state index < -0.39 is 0 Å². The normalized spacial score (nSPS) is 10.8. The summed E-state index contributed by atoms with van der Waals surface area (Å²) in [6.45, 7) is 0.737. The second-order valence-corrected chi connectivity index (χ2v) is 6.06. The highest BCUT2D eigenvalue weighted by atomic mass is 79.9. The van der Waals surface area contributed by atoms with Crippen LogP contribution in [0, 0.1) is 0 Å². The van der Waals surface area contributed by atoms with Crippen molar-refractivity contribution < 1.29 is 0 Å². The molecule has 19 heavy (non-hydrogen) atoms. The molecule has 3 nitrogen and oxygen atoms in total. The van der Waals surface area contributed by atoms with E-state index in [1.54, 1.807) is 0 Å². The van der Waals surface area contributed by atoms with Gasteiger partial charge in [-0.15, -0.1) is 0 Å². The summed E-state index contributed by atoms with van der Waals surface area (Å²) in [6.07, 6.45) is 0. The molecule has 0 radical (unpaired) electrons. The molecule has 0 unspecified atom stereocenters. The predicted octanol–water partition coefficient (Wildman–Crippen LogP) is 4.70. The molecule has 1 heterocycles. The van der Waals surface area contributed by atoms with E-state index in [4.69, 9.17) is 0 Å². The van der Waals surface area contributed by atoms with Crippen molar-refractivity contribution in [3.05, 3.63) is 57.0 Å². The van der Waals surface area contributed by atoms with Gasteiger partial charge in [-0.05, 0) is 35.9 Å². The van der Waals surface area contributed by atoms with Crippen LogP contribution in [0.2, 0.25) is 0 Å². The molecule has 2 aromatic carbocycles. The number of benzene rings is 2. The minimum absolute atomic E-state index is 0.737. The van der Waals surface area contributed by atoms with E-state index in [2.05, 4.69) is 59.3 Å². The topological polar surface area (TPSA) is 40.7 Å². The van der Waals surface area contributed by atoms with Crippen LogP contribution in [0.1, 0.15) is 5.56 Å². The number of nitrogens with one attached hydrogen (secondary N) is 2. The SMILES string of the molecule is Brc1cccc(CNc2nc3ccc(Br)cc3[nH]2)c1. The van der Waals surface area contributed by atoms with Crippen LogP contribution in [0.25, 0.3) is 11.0 Å². The Balaban J connectivity index is 1.78. The lowest BCUT2D eigenvalue weighted by Crippen LogP contribution is -2.00. The third-order valence-corrected chi connectivity index (χ3v) is 3.78. The molecule has 1 aromatic heterocycles. The molecule has 5 heteroatoms. The minimum Gasteiger partial charge on any atom is -0.352 e. The highest BCUT2D eigenvalue weighted by Crippen LogP contribution is 2.20. The molecular formula is C14H11Br2N3. The standard InChI is InChI=1S/C14H11Br2N3/c15-10-3-1-2-9(6-10)8-17-14-18-12-5-4-11(16)7-13(12)19-14/h1-7H,8H2,(H2,17,18,19). The number of anilines is 1. The van der Waals surface area contributed by atoms with Crippen molar-refractivity contribution >= 4 is 48.8 Å². The molecule has 0 aliphatic rings. The molecule has 0 amide bonds. The van der Waals surface area contributed by atoms with Gasteiger partial charge < -0.3 is 10.3 Å². The van der Waals surface area contributed by atoms with Crippen molar-refractivity contribution in [1.29, 1.82) is 0 Å². The summed E-state index contributed by atoms with van der Waals surface area (Å²) in [7, 11) is 0. The van der Waals surface area contributed by atoms with Gasteiger partial charge in [0.1, 0.15) is 0 Å². The molecule has 2 N–H and O–H groups in total. The summed E-state index contributed by atoms with van der Waals surface area (Å²) in [5.41, 5.74) is 3.18. The van der Waals surface area contributed by atoms with Crippen LogP contribution < -0.4 is 5.32 Å². The van der Waals surface area contributed by atoms with Crippen molar-refractivity contribution in [2.24, 2.45) is 0 Å². The Hall–Kier alpha value is -1.33. The molecule has 0 saturated carbocycles. The highest BCUT2D eigenvalue weighted by Gasteiger charge is 2.03. The molecule has 0 aliphatic carbocycles. The first-order chi connectivity index (χ1) is 9.20. The maximum Gasteiger partial charge on any atom is 0.201 e. The number of hydrogen-bond acceptors (Lipinski definition) is 2. The molecular weight excluding hydrogens is 370 g/mol. The molecule has 3 aromatic rings. The van der Waals surface area contributed by atoms with Crippen LogP contribution in [0.4, 0.5) is 5.95 Å². The Morgan fingerprint density at radius 1 is 1.05 bits per heavy atom. The van der Waals surface area contributed by atoms with Crippen molar-refractivity contribution in [1.82, 2.24) is 9.97 Å². The molecule has 96 valence electrons. The van der Waals surface area contributed by atoms with Gasteiger partial charge in [-0.1, -0.05) is 44.0 Å². The maximum atomic E-state index is 4.49. The number of hydrogen-bond donors (Lipinski definition) is 2. The van der Waals surface area contributed by atoms with Gasteiger partial charge in [0, 0.05) is 15.5 Å². The largest absolute Gasteiger partial charge is 0.352 e. The summed E-state index contributed by atoms with van der Waals surface area (Å²) in [5.74, 6) is 0.785. The van der Waals surface area contributed by atoms with Gasteiger partial charge in [0.15, 0.2) is 0 Å². The fourth-order valence-electron chi connectivity index (χ4n) is 1.90. The number of halogens is 2. The van der Waals surface area contributed by atoms with Crippen LogP contribution in [0.15, 0.2) is 51.4 Å². The smallest absolute Gasteiger partial charge is 0.201 e. The summed E-state index contributed by atoms with van der Waals surface area (Å²) in [4.78, 5) is 7.75. The molecule has 0 spiro atoms. The van der Waals surface area contributed by atoms with E-state index in [0.717, 1.165) is 32.5 Å². The summed E-state index contributed by atoms with van der Waals surface area (Å²) >= 11 is 6.92. The number of rotatable bonds is 3. The lowest BCUT2D eigenvalue weighted by molar-refractivity contribution is 1.10. The maximum absolute atomic E-state index is 4.49. The molecule has 0 bridgehead atoms. The van der Waals surface area contributed by atoms with Gasteiger partial charge in [0.25, 0.3) is 0 Å². The second kappa shape index (κ2) is 5.35. The number of nitrogens with zero attached hydrogens (tertiary/aromatic N) is 1. The zero-order valence-electron chi connectivity index (χ0n) is 9.95. The van der Waals surface area contributed by atoms with Crippen LogP contribution in [-0.2, 0) is 6.54 Å². The minimum atomic E-state index is 0.737. The summed E-state index contributed by atoms with van der Waals surface area (Å²) in [6, 6.07) is 14.2. The van der Waals surface area contributed by atoms with E-state index in [-0.39, 0.29) is 0 Å². The Kier molecular flexibility index (Phi) is 3.57. The molecule has 0 aliphatic heterocycles. The number of aromatic nitrogens is 2. The molecule has 3 rings (SSSR count). The first-order valence-corrected chi connectivity index (χ1v) is 7.43. The lowest BCUT2D eigenvalue weighted by atomic mass is 10.2. The van der Waals surface area contributed by atoms with E-state index in [0.29, 0.717) is 0 Å². The van der Waals surface area contributed by atoms with Gasteiger partial charge in [0.2, 0.25) is 5.95 Å². The van der Waals surface area contributed by atoms with Gasteiger partial charge >= 0.3 is 0 Å². The van der Waals surface area contributed by atoms with E-state index >= 15 is 0 Å². The fourth-order valence-corrected chi connectivity index (χ4v) is 2.71. The zero-order valence-corrected chi connectivity index (χ0v) is 13.1. The predicted molar refractivity (Wildman–Crippen MR) is 85.3 cm³/mol. The van der Waals surface area contributed by atoms with Crippen molar-refractivity contribution in [2.45, 2.75) is 6.54 Å². The Morgan fingerprint density at radius 2 is 1.89 bits per heavy atom. The molecule has 0 fully saturated rings. The molecule has 0 atom stereocenters. The van der Waals surface area contributed by atoms with Gasteiger partial charge in [-0.25, -0.2) is 4.98 Å². The van der Waals surface area contributed by atoms with Crippen molar-refractivity contribution in [3.63, 3.8) is 0 Å². The van der Waals surface area contributed by atoms with Crippen LogP contribution in [0.5, 0.6) is 0 Å². The Bertz CT molecular complexity index is 722. The van der Waals surface area contributed by atoms with Gasteiger partial charge in [0.05, 0.1) is 11.0 Å². The van der Waals surface area contributed by atoms with Gasteiger partial charge in [-0.2, -0.15) is 0 Å². The number of H-pyrrole nitrogens is 1. The Labute approximate surface area is 127 Å². The number of fused-ring (bicyclic) bond motifs is 1. The van der Waals surface area contributed by atoms with Crippen LogP contribution in [0.3, 0.4) is 0 Å². The second-order valence-electron chi connectivity index (χ2n) is 4.23. The van der Waals surface area contributed by atoms with E-state index in [1.165, 1.54) is 5.56 Å². The monoisotopic (exact) mass is 379 g/mol. The fraction of sp³-hybridized carbons (Fsp3) is 0.0714. The van der Waals surface area contributed by atoms with Crippen LogP contribution >= 0.6 is 31.9 Å². The lowest BCUT2D eigenvalue weighted by Gasteiger charge is -2.03. The first kappa shape index (κ1) is 12.7. The number of aromatic amines is 1. The van der Waals surface area contributed by atoms with Gasteiger partial charge in [-0.3, -0.25) is 0 Å². The quantitative estimate of drug-likeness (QED) is 0.691. The highest BCUT2D eigenvalue weighted by molar-refractivity contribution is 9.10. The van der Waals surface area contributed by atoms with E-state index in [1.807, 2.05) is 30.3 Å².